The van der Waals surface area contributed by atoms with Crippen molar-refractivity contribution in [2.24, 2.45) is 0 Å². The highest BCUT2D eigenvalue weighted by atomic mass is 32.2. The fourth-order valence-electron chi connectivity index (χ4n) is 4.78. The van der Waals surface area contributed by atoms with Crippen LogP contribution in [0.3, 0.4) is 0 Å². The monoisotopic (exact) mass is 532 g/mol. The first-order chi connectivity index (χ1) is 17.7. The van der Waals surface area contributed by atoms with E-state index in [0.717, 1.165) is 6.42 Å². The Bertz CT molecular complexity index is 1410. The molecule has 3 aromatic rings. The van der Waals surface area contributed by atoms with Crippen LogP contribution in [0.15, 0.2) is 27.9 Å². The van der Waals surface area contributed by atoms with Gasteiger partial charge in [0.1, 0.15) is 11.6 Å². The number of aliphatic hydroxyl groups is 1. The highest BCUT2D eigenvalue weighted by Gasteiger charge is 2.31. The van der Waals surface area contributed by atoms with Gasteiger partial charge in [-0.25, -0.2) is 17.9 Å². The number of ether oxygens (including phenoxy) is 1. The number of aromatic amines is 1. The molecule has 0 radical (unpaired) electrons. The predicted octanol–water partition coefficient (Wildman–Crippen LogP) is 1.82. The van der Waals surface area contributed by atoms with Crippen molar-refractivity contribution in [1.82, 2.24) is 28.8 Å². The zero-order chi connectivity index (χ0) is 26.7. The van der Waals surface area contributed by atoms with Crippen LogP contribution in [0.2, 0.25) is 0 Å². The van der Waals surface area contributed by atoms with E-state index in [1.807, 2.05) is 20.8 Å². The van der Waals surface area contributed by atoms with Crippen LogP contribution in [-0.4, -0.2) is 87.7 Å². The highest BCUT2D eigenvalue weighted by molar-refractivity contribution is 7.89. The van der Waals surface area contributed by atoms with E-state index >= 15 is 0 Å². The van der Waals surface area contributed by atoms with Crippen LogP contribution in [0.1, 0.15) is 45.1 Å². The molecule has 1 aliphatic rings. The summed E-state index contributed by atoms with van der Waals surface area (Å²) in [6, 6.07) is 4.86. The maximum atomic E-state index is 13.6. The Morgan fingerprint density at radius 3 is 2.57 bits per heavy atom. The van der Waals surface area contributed by atoms with E-state index in [0.29, 0.717) is 74.0 Å². The minimum Gasteiger partial charge on any atom is -0.493 e. The van der Waals surface area contributed by atoms with Gasteiger partial charge < -0.3 is 14.8 Å². The molecule has 1 aliphatic heterocycles. The first-order valence-corrected chi connectivity index (χ1v) is 14.3. The van der Waals surface area contributed by atoms with Crippen molar-refractivity contribution in [2.75, 3.05) is 39.4 Å². The highest BCUT2D eigenvalue weighted by Crippen LogP contribution is 2.32. The lowest BCUT2D eigenvalue weighted by Crippen LogP contribution is -2.51. The molecule has 202 valence electrons. The first kappa shape index (κ1) is 27.2. The number of nitrogens with zero attached hydrogens (tertiary/aromatic N) is 5. The molecule has 12 heteroatoms. The third kappa shape index (κ3) is 5.42. The van der Waals surface area contributed by atoms with Gasteiger partial charge in [-0.3, -0.25) is 9.69 Å². The van der Waals surface area contributed by atoms with Crippen LogP contribution in [-0.2, 0) is 16.4 Å². The Balaban J connectivity index is 1.72. The fraction of sp³-hybridized carbons (Fsp3) is 0.560. The van der Waals surface area contributed by atoms with Gasteiger partial charge in [0.2, 0.25) is 10.0 Å². The second kappa shape index (κ2) is 11.3. The largest absolute Gasteiger partial charge is 0.493 e. The van der Waals surface area contributed by atoms with Crippen LogP contribution in [0.25, 0.3) is 16.9 Å². The number of benzene rings is 1. The Morgan fingerprint density at radius 1 is 1.19 bits per heavy atom. The number of fused-ring (bicyclic) bond motifs is 1. The number of hydrogen-bond acceptors (Lipinski definition) is 8. The van der Waals surface area contributed by atoms with Gasteiger partial charge in [0.15, 0.2) is 11.3 Å². The zero-order valence-corrected chi connectivity index (χ0v) is 22.7. The van der Waals surface area contributed by atoms with Gasteiger partial charge >= 0.3 is 0 Å². The Hall–Kier alpha value is -2.80. The first-order valence-electron chi connectivity index (χ1n) is 12.8. The van der Waals surface area contributed by atoms with Crippen LogP contribution in [0.5, 0.6) is 5.75 Å². The zero-order valence-electron chi connectivity index (χ0n) is 21.9. The van der Waals surface area contributed by atoms with Crippen molar-refractivity contribution in [3.63, 3.8) is 0 Å². The molecule has 3 heterocycles. The van der Waals surface area contributed by atoms with Crippen molar-refractivity contribution in [3.8, 4) is 17.1 Å². The quantitative estimate of drug-likeness (QED) is 0.404. The average molecular weight is 533 g/mol. The lowest BCUT2D eigenvalue weighted by molar-refractivity contribution is 0.124. The minimum atomic E-state index is -3.79. The van der Waals surface area contributed by atoms with Crippen LogP contribution in [0.4, 0.5) is 0 Å². The number of rotatable bonds is 10. The molecule has 0 bridgehead atoms. The third-order valence-electron chi connectivity index (χ3n) is 6.80. The van der Waals surface area contributed by atoms with E-state index in [4.69, 9.17) is 4.74 Å². The molecule has 0 spiro atoms. The SMILES string of the molecule is CCCc1nc(C)c2c(=O)[nH]c(-c3cc(S(=O)(=O)N4CCN(C(C)CCO)CC4)ccc3OCC)nn12. The molecule has 2 N–H and O–H groups in total. The predicted molar refractivity (Wildman–Crippen MR) is 140 cm³/mol. The summed E-state index contributed by atoms with van der Waals surface area (Å²) in [6.45, 7) is 10.0. The molecule has 11 nitrogen and oxygen atoms in total. The van der Waals surface area contributed by atoms with Gasteiger partial charge in [0, 0.05) is 45.2 Å². The minimum absolute atomic E-state index is 0.106. The second-order valence-corrected chi connectivity index (χ2v) is 11.3. The molecule has 0 amide bonds. The maximum Gasteiger partial charge on any atom is 0.277 e. The number of piperazine rings is 1. The van der Waals surface area contributed by atoms with E-state index in [1.54, 1.807) is 17.5 Å². The summed E-state index contributed by atoms with van der Waals surface area (Å²) >= 11 is 0. The number of sulfonamides is 1. The molecule has 37 heavy (non-hydrogen) atoms. The van der Waals surface area contributed by atoms with Gasteiger partial charge in [-0.15, -0.1) is 5.10 Å². The van der Waals surface area contributed by atoms with Crippen molar-refractivity contribution >= 4 is 15.5 Å². The molecule has 0 saturated carbocycles. The number of hydrogen-bond donors (Lipinski definition) is 2. The summed E-state index contributed by atoms with van der Waals surface area (Å²) in [7, 11) is -3.79. The molecule has 1 aromatic carbocycles. The Labute approximate surface area is 217 Å². The number of H-pyrrole nitrogens is 1. The standard InChI is InChI=1S/C25H36N6O5S/c1-5-7-22-26-18(4)23-25(33)27-24(28-31(22)23)20-16-19(8-9-21(20)36-6-2)37(34,35)30-13-11-29(12-14-30)17(3)10-15-32/h8-9,16-17,32H,5-7,10-15H2,1-4H3,(H,27,28,33). The summed E-state index contributed by atoms with van der Waals surface area (Å²) in [6.07, 6.45) is 2.15. The van der Waals surface area contributed by atoms with Crippen molar-refractivity contribution in [2.45, 2.75) is 57.9 Å². The van der Waals surface area contributed by atoms with Crippen LogP contribution >= 0.6 is 0 Å². The summed E-state index contributed by atoms with van der Waals surface area (Å²) < 4.78 is 36.0. The average Bonchev–Trinajstić information content (AvgIpc) is 3.20. The summed E-state index contributed by atoms with van der Waals surface area (Å²) in [4.78, 5) is 22.6. The lowest BCUT2D eigenvalue weighted by Gasteiger charge is -2.37. The van der Waals surface area contributed by atoms with E-state index in [1.165, 1.54) is 16.4 Å². The smallest absolute Gasteiger partial charge is 0.277 e. The van der Waals surface area contributed by atoms with Crippen LogP contribution < -0.4 is 10.3 Å². The Morgan fingerprint density at radius 2 is 1.92 bits per heavy atom. The molecular weight excluding hydrogens is 496 g/mol. The number of aryl methyl sites for hydroxylation is 2. The Kier molecular flexibility index (Phi) is 8.32. The van der Waals surface area contributed by atoms with Gasteiger partial charge in [-0.05, 0) is 51.8 Å². The van der Waals surface area contributed by atoms with Gasteiger partial charge in [-0.2, -0.15) is 4.31 Å². The normalized spacial score (nSPS) is 16.4. The summed E-state index contributed by atoms with van der Waals surface area (Å²) in [5, 5.41) is 13.9. The number of aliphatic hydroxyl groups excluding tert-OH is 1. The third-order valence-corrected chi connectivity index (χ3v) is 8.70. The van der Waals surface area contributed by atoms with Gasteiger partial charge in [0.25, 0.3) is 5.56 Å². The fourth-order valence-corrected chi connectivity index (χ4v) is 6.23. The van der Waals surface area contributed by atoms with Crippen molar-refractivity contribution < 1.29 is 18.3 Å². The molecule has 1 unspecified atom stereocenters. The molecule has 4 rings (SSSR count). The van der Waals surface area contributed by atoms with Crippen LogP contribution in [0, 0.1) is 6.92 Å². The molecule has 0 aliphatic carbocycles. The van der Waals surface area contributed by atoms with E-state index in [2.05, 4.69) is 20.0 Å². The molecular formula is C25H36N6O5S. The lowest BCUT2D eigenvalue weighted by atomic mass is 10.2. The second-order valence-electron chi connectivity index (χ2n) is 9.32. The number of aromatic nitrogens is 4. The van der Waals surface area contributed by atoms with E-state index in [9.17, 15) is 18.3 Å². The summed E-state index contributed by atoms with van der Waals surface area (Å²) in [5.41, 5.74) is 1.02. The molecule has 1 atom stereocenters. The van der Waals surface area contributed by atoms with Crippen molar-refractivity contribution in [3.05, 3.63) is 40.1 Å². The number of imidazole rings is 1. The summed E-state index contributed by atoms with van der Waals surface area (Å²) in [5.74, 6) is 1.33. The van der Waals surface area contributed by atoms with Crippen molar-refractivity contribution in [1.29, 1.82) is 0 Å². The molecule has 1 saturated heterocycles. The number of nitrogens with one attached hydrogen (secondary N) is 1. The topological polar surface area (TPSA) is 133 Å². The van der Waals surface area contributed by atoms with Gasteiger partial charge in [0.05, 0.1) is 22.8 Å². The van der Waals surface area contributed by atoms with E-state index < -0.39 is 10.0 Å². The van der Waals surface area contributed by atoms with Gasteiger partial charge in [-0.1, -0.05) is 6.92 Å². The molecule has 2 aromatic heterocycles. The molecule has 1 fully saturated rings. The maximum absolute atomic E-state index is 13.6. The van der Waals surface area contributed by atoms with E-state index in [-0.39, 0.29) is 28.9 Å².